The molecule has 0 unspecified atom stereocenters. The lowest BCUT2D eigenvalue weighted by Gasteiger charge is -2.24. The van der Waals surface area contributed by atoms with Crippen LogP contribution >= 0.6 is 0 Å². The Labute approximate surface area is 168 Å². The first-order valence-electron chi connectivity index (χ1n) is 9.21. The SMILES string of the molecule is C=C(Nc1cc2[nH]nc(OCCO)c2c(CO)n1)N[C@@H](c1ccccc1)[C@@H](C)O. The van der Waals surface area contributed by atoms with E-state index in [0.717, 1.165) is 5.56 Å². The van der Waals surface area contributed by atoms with Gasteiger partial charge in [-0.05, 0) is 12.5 Å². The van der Waals surface area contributed by atoms with Gasteiger partial charge in [0, 0.05) is 6.07 Å². The van der Waals surface area contributed by atoms with Gasteiger partial charge in [0.2, 0.25) is 5.88 Å². The summed E-state index contributed by atoms with van der Waals surface area (Å²) in [6, 6.07) is 10.9. The molecule has 1 aromatic carbocycles. The number of aromatic amines is 1. The van der Waals surface area contributed by atoms with Crippen molar-refractivity contribution in [2.24, 2.45) is 0 Å². The van der Waals surface area contributed by atoms with E-state index in [1.54, 1.807) is 13.0 Å². The number of aliphatic hydroxyl groups excluding tert-OH is 3. The Balaban J connectivity index is 1.79. The van der Waals surface area contributed by atoms with Crippen molar-refractivity contribution in [1.82, 2.24) is 20.5 Å². The molecule has 6 N–H and O–H groups in total. The number of nitrogens with zero attached hydrogens (tertiary/aromatic N) is 2. The summed E-state index contributed by atoms with van der Waals surface area (Å²) in [5.74, 6) is 1.15. The van der Waals surface area contributed by atoms with Crippen LogP contribution in [0.1, 0.15) is 24.2 Å². The molecule has 154 valence electrons. The number of fused-ring (bicyclic) bond motifs is 1. The standard InChI is InChI=1S/C20H25N5O4/c1-12(28)19(14-6-4-3-5-7-14)22-13(2)21-17-10-15-18(16(11-27)23-17)20(25-24-15)29-9-8-26/h3-7,10,12,19,22,26-28H,2,8-9,11H2,1H3,(H,21,23)(H,24,25)/t12-,19-/m1/s1. The Hall–Kier alpha value is -3.14. The van der Waals surface area contributed by atoms with Crippen LogP contribution in [0.15, 0.2) is 48.8 Å². The molecule has 2 heterocycles. The molecule has 3 rings (SSSR count). The largest absolute Gasteiger partial charge is 0.474 e. The molecule has 0 saturated carbocycles. The second-order valence-electron chi connectivity index (χ2n) is 6.51. The maximum absolute atomic E-state index is 10.2. The fourth-order valence-corrected chi connectivity index (χ4v) is 3.04. The van der Waals surface area contributed by atoms with E-state index in [-0.39, 0.29) is 31.7 Å². The third-order valence-corrected chi connectivity index (χ3v) is 4.32. The number of hydrogen-bond donors (Lipinski definition) is 6. The lowest BCUT2D eigenvalue weighted by molar-refractivity contribution is 0.151. The highest BCUT2D eigenvalue weighted by Gasteiger charge is 2.19. The molecule has 0 radical (unpaired) electrons. The highest BCUT2D eigenvalue weighted by Crippen LogP contribution is 2.28. The minimum atomic E-state index is -0.654. The van der Waals surface area contributed by atoms with E-state index in [0.29, 0.717) is 28.2 Å². The third-order valence-electron chi connectivity index (χ3n) is 4.32. The molecule has 0 aliphatic carbocycles. The quantitative estimate of drug-likeness (QED) is 0.301. The van der Waals surface area contributed by atoms with Crippen molar-refractivity contribution < 1.29 is 20.1 Å². The number of nitrogens with one attached hydrogen (secondary N) is 3. The molecule has 0 spiro atoms. The average Bonchev–Trinajstić information content (AvgIpc) is 3.13. The highest BCUT2D eigenvalue weighted by molar-refractivity contribution is 5.88. The van der Waals surface area contributed by atoms with Crippen LogP contribution in [0.25, 0.3) is 10.9 Å². The zero-order valence-corrected chi connectivity index (χ0v) is 16.1. The van der Waals surface area contributed by atoms with Gasteiger partial charge in [-0.2, -0.15) is 0 Å². The average molecular weight is 399 g/mol. The van der Waals surface area contributed by atoms with Crippen molar-refractivity contribution in [2.75, 3.05) is 18.5 Å². The summed E-state index contributed by atoms with van der Waals surface area (Å²) in [5.41, 5.74) is 1.90. The summed E-state index contributed by atoms with van der Waals surface area (Å²) >= 11 is 0. The summed E-state index contributed by atoms with van der Waals surface area (Å²) in [6.45, 7) is 5.29. The van der Waals surface area contributed by atoms with E-state index in [1.807, 2.05) is 30.3 Å². The summed E-state index contributed by atoms with van der Waals surface area (Å²) in [5, 5.41) is 42.5. The predicted molar refractivity (Wildman–Crippen MR) is 109 cm³/mol. The van der Waals surface area contributed by atoms with E-state index in [4.69, 9.17) is 9.84 Å². The van der Waals surface area contributed by atoms with Crippen LogP contribution < -0.4 is 15.4 Å². The smallest absolute Gasteiger partial charge is 0.242 e. The third kappa shape index (κ3) is 4.83. The number of hydrogen-bond acceptors (Lipinski definition) is 8. The van der Waals surface area contributed by atoms with Crippen molar-refractivity contribution >= 4 is 16.7 Å². The molecule has 9 nitrogen and oxygen atoms in total. The first kappa shape index (κ1) is 20.6. The van der Waals surface area contributed by atoms with Crippen LogP contribution in [0.4, 0.5) is 5.82 Å². The van der Waals surface area contributed by atoms with Crippen LogP contribution in [0, 0.1) is 0 Å². The number of ether oxygens (including phenoxy) is 1. The maximum Gasteiger partial charge on any atom is 0.242 e. The fraction of sp³-hybridized carbons (Fsp3) is 0.300. The van der Waals surface area contributed by atoms with Gasteiger partial charge in [0.1, 0.15) is 12.4 Å². The number of pyridine rings is 1. The van der Waals surface area contributed by atoms with Crippen LogP contribution in [0.5, 0.6) is 5.88 Å². The number of H-pyrrole nitrogens is 1. The van der Waals surface area contributed by atoms with Gasteiger partial charge in [0.15, 0.2) is 0 Å². The first-order valence-corrected chi connectivity index (χ1v) is 9.21. The lowest BCUT2D eigenvalue weighted by Crippen LogP contribution is -2.32. The van der Waals surface area contributed by atoms with Crippen LogP contribution in [0.2, 0.25) is 0 Å². The Kier molecular flexibility index (Phi) is 6.65. The van der Waals surface area contributed by atoms with Crippen molar-refractivity contribution in [3.8, 4) is 5.88 Å². The van der Waals surface area contributed by atoms with Gasteiger partial charge in [-0.1, -0.05) is 36.9 Å². The minimum Gasteiger partial charge on any atom is -0.474 e. The fourth-order valence-electron chi connectivity index (χ4n) is 3.04. The first-order chi connectivity index (χ1) is 14.0. The molecule has 9 heteroatoms. The molecule has 0 aliphatic heterocycles. The number of aliphatic hydroxyl groups is 3. The molecular weight excluding hydrogens is 374 g/mol. The second-order valence-corrected chi connectivity index (χ2v) is 6.51. The number of benzene rings is 1. The molecule has 29 heavy (non-hydrogen) atoms. The van der Waals surface area contributed by atoms with Gasteiger partial charge in [-0.3, -0.25) is 5.10 Å². The van der Waals surface area contributed by atoms with Crippen molar-refractivity contribution in [1.29, 1.82) is 0 Å². The zero-order chi connectivity index (χ0) is 20.8. The molecule has 3 aromatic rings. The van der Waals surface area contributed by atoms with Crippen LogP contribution in [-0.2, 0) is 6.61 Å². The number of anilines is 1. The van der Waals surface area contributed by atoms with Gasteiger partial charge in [-0.15, -0.1) is 5.10 Å². The maximum atomic E-state index is 10.2. The van der Waals surface area contributed by atoms with E-state index >= 15 is 0 Å². The predicted octanol–water partition coefficient (Wildman–Crippen LogP) is 1.42. The van der Waals surface area contributed by atoms with Crippen molar-refractivity contribution in [3.05, 3.63) is 60.1 Å². The van der Waals surface area contributed by atoms with Gasteiger partial charge in [-0.25, -0.2) is 4.98 Å². The number of aromatic nitrogens is 3. The topological polar surface area (TPSA) is 136 Å². The lowest BCUT2D eigenvalue weighted by atomic mass is 10.0. The van der Waals surface area contributed by atoms with Gasteiger partial charge in [0.05, 0.1) is 47.8 Å². The van der Waals surface area contributed by atoms with Crippen LogP contribution in [0.3, 0.4) is 0 Å². The highest BCUT2D eigenvalue weighted by atomic mass is 16.5. The monoisotopic (exact) mass is 399 g/mol. The van der Waals surface area contributed by atoms with E-state index in [2.05, 4.69) is 32.4 Å². The molecule has 0 fully saturated rings. The van der Waals surface area contributed by atoms with E-state index in [9.17, 15) is 10.2 Å². The summed E-state index contributed by atoms with van der Waals surface area (Å²) in [6.07, 6.45) is -0.654. The zero-order valence-electron chi connectivity index (χ0n) is 16.1. The Morgan fingerprint density at radius 1 is 1.28 bits per heavy atom. The summed E-state index contributed by atoms with van der Waals surface area (Å²) < 4.78 is 5.38. The molecular formula is C20H25N5O4. The molecule has 0 bridgehead atoms. The second kappa shape index (κ2) is 9.37. The van der Waals surface area contributed by atoms with Crippen molar-refractivity contribution in [2.45, 2.75) is 25.7 Å². The molecule has 0 aliphatic rings. The molecule has 2 atom stereocenters. The van der Waals surface area contributed by atoms with Crippen molar-refractivity contribution in [3.63, 3.8) is 0 Å². The van der Waals surface area contributed by atoms with Gasteiger partial charge >= 0.3 is 0 Å². The van der Waals surface area contributed by atoms with Gasteiger partial charge in [0.25, 0.3) is 0 Å². The Morgan fingerprint density at radius 2 is 2.03 bits per heavy atom. The molecule has 2 aromatic heterocycles. The Morgan fingerprint density at radius 3 is 2.69 bits per heavy atom. The normalized spacial score (nSPS) is 13.1. The van der Waals surface area contributed by atoms with E-state index < -0.39 is 6.10 Å². The molecule has 0 saturated heterocycles. The minimum absolute atomic E-state index is 0.0891. The molecule has 0 amide bonds. The Bertz CT molecular complexity index is 958. The summed E-state index contributed by atoms with van der Waals surface area (Å²) in [7, 11) is 0. The number of rotatable bonds is 10. The van der Waals surface area contributed by atoms with E-state index in [1.165, 1.54) is 0 Å². The summed E-state index contributed by atoms with van der Waals surface area (Å²) in [4.78, 5) is 4.40. The van der Waals surface area contributed by atoms with Crippen LogP contribution in [-0.4, -0.2) is 49.8 Å². The van der Waals surface area contributed by atoms with Gasteiger partial charge < -0.3 is 30.7 Å².